The van der Waals surface area contributed by atoms with Crippen LogP contribution in [-0.4, -0.2) is 75.0 Å². The van der Waals surface area contributed by atoms with Gasteiger partial charge in [-0.05, 0) is 70.5 Å². The summed E-state index contributed by atoms with van der Waals surface area (Å²) >= 11 is 0. The minimum absolute atomic E-state index is 0.0563. The molecule has 1 fully saturated rings. The monoisotopic (exact) mass is 461 g/mol. The number of benzene rings is 1. The van der Waals surface area contributed by atoms with E-state index in [9.17, 15) is 9.59 Å². The Kier molecular flexibility index (Phi) is 8.97. The van der Waals surface area contributed by atoms with Crippen LogP contribution in [0.25, 0.3) is 0 Å². The third-order valence-corrected chi connectivity index (χ3v) is 6.20. The van der Waals surface area contributed by atoms with E-state index in [0.29, 0.717) is 50.8 Å². The smallest absolute Gasteiger partial charge is 0.410 e. The van der Waals surface area contributed by atoms with Gasteiger partial charge in [0, 0.05) is 26.2 Å². The van der Waals surface area contributed by atoms with E-state index in [0.717, 1.165) is 38.8 Å². The maximum absolute atomic E-state index is 13.0. The standard InChI is InChI=1S/C25H39N3O5/c1-24(2,3)33-23(30)28-14-10-25(11-15-28)9-6-12-26-13-16-31-17-18-32-21-8-5-4-7-20(21)22(29)27-19-25/h4-5,7-8,26H,6,9-19H2,1-3H3,(H,27,29). The molecule has 0 radical (unpaired) electrons. The van der Waals surface area contributed by atoms with Crippen LogP contribution in [0.5, 0.6) is 5.75 Å². The number of likely N-dealkylation sites (tertiary alicyclic amines) is 1. The Morgan fingerprint density at radius 3 is 2.58 bits per heavy atom. The van der Waals surface area contributed by atoms with Gasteiger partial charge >= 0.3 is 6.09 Å². The Bertz CT molecular complexity index is 784. The number of hydrogen-bond acceptors (Lipinski definition) is 6. The number of fused-ring (bicyclic) bond motifs is 1. The Hall–Kier alpha value is -2.32. The molecule has 1 aromatic rings. The molecule has 33 heavy (non-hydrogen) atoms. The molecule has 2 aliphatic heterocycles. The zero-order chi connectivity index (χ0) is 23.7. The van der Waals surface area contributed by atoms with Gasteiger partial charge in [-0.25, -0.2) is 4.79 Å². The third kappa shape index (κ3) is 7.89. The van der Waals surface area contributed by atoms with Crippen molar-refractivity contribution in [1.82, 2.24) is 15.5 Å². The second-order valence-electron chi connectivity index (χ2n) is 9.96. The molecule has 0 aromatic heterocycles. The second kappa shape index (κ2) is 11.7. The molecule has 184 valence electrons. The maximum Gasteiger partial charge on any atom is 0.410 e. The van der Waals surface area contributed by atoms with E-state index in [1.165, 1.54) is 0 Å². The number of hydrogen-bond donors (Lipinski definition) is 2. The second-order valence-corrected chi connectivity index (χ2v) is 9.96. The van der Waals surface area contributed by atoms with Crippen molar-refractivity contribution in [2.24, 2.45) is 5.41 Å². The van der Waals surface area contributed by atoms with Crippen LogP contribution < -0.4 is 15.4 Å². The summed E-state index contributed by atoms with van der Waals surface area (Å²) in [5, 5.41) is 6.59. The van der Waals surface area contributed by atoms with E-state index in [2.05, 4.69) is 10.6 Å². The zero-order valence-electron chi connectivity index (χ0n) is 20.3. The Balaban J connectivity index is 1.68. The van der Waals surface area contributed by atoms with Crippen molar-refractivity contribution in [2.45, 2.75) is 52.1 Å². The molecule has 1 aromatic carbocycles. The number of amides is 2. The molecule has 2 heterocycles. The lowest BCUT2D eigenvalue weighted by molar-refractivity contribution is 0.00851. The Labute approximate surface area is 197 Å². The highest BCUT2D eigenvalue weighted by atomic mass is 16.6. The number of rotatable bonds is 0. The molecule has 8 nitrogen and oxygen atoms in total. The highest BCUT2D eigenvalue weighted by Gasteiger charge is 2.37. The number of nitrogens with one attached hydrogen (secondary N) is 2. The lowest BCUT2D eigenvalue weighted by atomic mass is 9.74. The van der Waals surface area contributed by atoms with Gasteiger partial charge in [0.15, 0.2) is 0 Å². The number of carbonyl (C=O) groups is 2. The summed E-state index contributed by atoms with van der Waals surface area (Å²) in [6.45, 7) is 10.7. The zero-order valence-corrected chi connectivity index (χ0v) is 20.3. The van der Waals surface area contributed by atoms with Crippen molar-refractivity contribution < 1.29 is 23.8 Å². The SMILES string of the molecule is CC(C)(C)OC(=O)N1CCC2(CCCNCCOCCOc3ccccc3C(=O)NC2)CC1. The molecular formula is C25H39N3O5. The fourth-order valence-corrected chi connectivity index (χ4v) is 4.32. The van der Waals surface area contributed by atoms with Crippen LogP contribution in [-0.2, 0) is 9.47 Å². The van der Waals surface area contributed by atoms with E-state index >= 15 is 0 Å². The average molecular weight is 462 g/mol. The van der Waals surface area contributed by atoms with Gasteiger partial charge < -0.3 is 29.7 Å². The summed E-state index contributed by atoms with van der Waals surface area (Å²) in [6.07, 6.45) is 3.37. The molecule has 1 spiro atoms. The summed E-state index contributed by atoms with van der Waals surface area (Å²) in [5.41, 5.74) is -0.0284. The first kappa shape index (κ1) is 25.3. The van der Waals surface area contributed by atoms with E-state index in [1.54, 1.807) is 11.0 Å². The average Bonchev–Trinajstić information content (AvgIpc) is 2.78. The summed E-state index contributed by atoms with van der Waals surface area (Å²) in [4.78, 5) is 27.3. The van der Waals surface area contributed by atoms with Crippen LogP contribution in [0.2, 0.25) is 0 Å². The summed E-state index contributed by atoms with van der Waals surface area (Å²) in [6, 6.07) is 7.31. The molecular weight excluding hydrogens is 422 g/mol. The van der Waals surface area contributed by atoms with Gasteiger partial charge in [0.1, 0.15) is 18.0 Å². The fraction of sp³-hybridized carbons (Fsp3) is 0.680. The topological polar surface area (TPSA) is 89.1 Å². The van der Waals surface area contributed by atoms with Crippen LogP contribution in [0, 0.1) is 5.41 Å². The molecule has 0 atom stereocenters. The first-order valence-corrected chi connectivity index (χ1v) is 12.0. The van der Waals surface area contributed by atoms with E-state index in [4.69, 9.17) is 14.2 Å². The fourth-order valence-electron chi connectivity index (χ4n) is 4.32. The minimum Gasteiger partial charge on any atom is -0.490 e. The van der Waals surface area contributed by atoms with Crippen molar-refractivity contribution >= 4 is 12.0 Å². The molecule has 8 heteroatoms. The van der Waals surface area contributed by atoms with Crippen molar-refractivity contribution in [3.8, 4) is 5.75 Å². The Morgan fingerprint density at radius 1 is 1.06 bits per heavy atom. The minimum atomic E-state index is -0.507. The highest BCUT2D eigenvalue weighted by molar-refractivity contribution is 5.96. The van der Waals surface area contributed by atoms with Gasteiger partial charge in [-0.3, -0.25) is 4.79 Å². The van der Waals surface area contributed by atoms with Crippen molar-refractivity contribution in [2.75, 3.05) is 52.5 Å². The molecule has 2 aliphatic rings. The molecule has 0 unspecified atom stereocenters. The number of ether oxygens (including phenoxy) is 3. The molecule has 1 saturated heterocycles. The van der Waals surface area contributed by atoms with Gasteiger partial charge in [-0.15, -0.1) is 0 Å². The third-order valence-electron chi connectivity index (χ3n) is 6.20. The summed E-state index contributed by atoms with van der Waals surface area (Å²) in [5.74, 6) is 0.434. The molecule has 0 saturated carbocycles. The van der Waals surface area contributed by atoms with Gasteiger partial charge in [0.05, 0.1) is 18.8 Å². The van der Waals surface area contributed by atoms with Gasteiger partial charge in [0.25, 0.3) is 5.91 Å². The molecule has 2 N–H and O–H groups in total. The number of para-hydroxylation sites is 1. The van der Waals surface area contributed by atoms with Crippen LogP contribution >= 0.6 is 0 Å². The quantitative estimate of drug-likeness (QED) is 0.617. The first-order valence-electron chi connectivity index (χ1n) is 12.0. The largest absolute Gasteiger partial charge is 0.490 e. The molecule has 2 amide bonds. The molecule has 0 aliphatic carbocycles. The lowest BCUT2D eigenvalue weighted by Crippen LogP contribution is -2.49. The number of nitrogens with zero attached hydrogens (tertiary/aromatic N) is 1. The molecule has 3 rings (SSSR count). The van der Waals surface area contributed by atoms with Gasteiger partial charge in [-0.2, -0.15) is 0 Å². The number of carbonyl (C=O) groups excluding carboxylic acids is 2. The maximum atomic E-state index is 13.0. The van der Waals surface area contributed by atoms with Gasteiger partial charge in [-0.1, -0.05) is 12.1 Å². The predicted octanol–water partition coefficient (Wildman–Crippen LogP) is 3.21. The number of piperidine rings is 1. The van der Waals surface area contributed by atoms with Crippen LogP contribution in [0.3, 0.4) is 0 Å². The summed E-state index contributed by atoms with van der Waals surface area (Å²) < 4.78 is 17.0. The van der Waals surface area contributed by atoms with Gasteiger partial charge in [0.2, 0.25) is 0 Å². The van der Waals surface area contributed by atoms with Crippen molar-refractivity contribution in [1.29, 1.82) is 0 Å². The predicted molar refractivity (Wildman–Crippen MR) is 127 cm³/mol. The van der Waals surface area contributed by atoms with E-state index in [-0.39, 0.29) is 17.4 Å². The van der Waals surface area contributed by atoms with Crippen molar-refractivity contribution in [3.63, 3.8) is 0 Å². The van der Waals surface area contributed by atoms with Crippen molar-refractivity contribution in [3.05, 3.63) is 29.8 Å². The van der Waals surface area contributed by atoms with Crippen LogP contribution in [0.15, 0.2) is 24.3 Å². The highest BCUT2D eigenvalue weighted by Crippen LogP contribution is 2.36. The van der Waals surface area contributed by atoms with Crippen LogP contribution in [0.4, 0.5) is 4.79 Å². The van der Waals surface area contributed by atoms with Crippen LogP contribution in [0.1, 0.15) is 56.8 Å². The lowest BCUT2D eigenvalue weighted by Gasteiger charge is -2.42. The molecule has 0 bridgehead atoms. The van der Waals surface area contributed by atoms with E-state index < -0.39 is 5.60 Å². The van der Waals surface area contributed by atoms with E-state index in [1.807, 2.05) is 39.0 Å². The Morgan fingerprint density at radius 2 is 1.82 bits per heavy atom. The summed E-state index contributed by atoms with van der Waals surface area (Å²) in [7, 11) is 0. The normalized spacial score (nSPS) is 20.9. The first-order chi connectivity index (χ1) is 15.8.